The van der Waals surface area contributed by atoms with Gasteiger partial charge in [0.1, 0.15) is 0 Å². The second-order valence-corrected chi connectivity index (χ2v) is 35.8. The quantitative estimate of drug-likeness (QED) is 0.350. The predicted octanol–water partition coefficient (Wildman–Crippen LogP) is 3.72. The zero-order valence-corrected chi connectivity index (χ0v) is 25.8. The van der Waals surface area contributed by atoms with E-state index in [9.17, 15) is 9.13 Å². The second kappa shape index (κ2) is 13.8. The van der Waals surface area contributed by atoms with Crippen LogP contribution in [0.3, 0.4) is 0 Å². The molecule has 0 unspecified atom stereocenters. The monoisotopic (exact) mass is 578 g/mol. The molecule has 0 bridgehead atoms. The Balaban J connectivity index is -0.000000344. The zero-order valence-electron chi connectivity index (χ0n) is 19.7. The van der Waals surface area contributed by atoms with Crippen molar-refractivity contribution in [3.63, 3.8) is 0 Å². The first-order chi connectivity index (χ1) is 11.7. The van der Waals surface area contributed by atoms with Gasteiger partial charge in [0, 0.05) is 0 Å². The van der Waals surface area contributed by atoms with Gasteiger partial charge in [-0.3, -0.25) is 9.13 Å². The van der Waals surface area contributed by atoms with Gasteiger partial charge in [-0.25, -0.2) is 28.0 Å². The van der Waals surface area contributed by atoms with Crippen molar-refractivity contribution in [3.05, 3.63) is 0 Å². The molecule has 0 heterocycles. The number of rotatable bonds is 6. The van der Waals surface area contributed by atoms with Crippen LogP contribution in [-0.2, 0) is 9.13 Å². The van der Waals surface area contributed by atoms with E-state index in [4.69, 9.17) is 17.8 Å². The van der Waals surface area contributed by atoms with Gasteiger partial charge in [0.25, 0.3) is 15.2 Å². The Morgan fingerprint density at radius 1 is 0.481 bits per heavy atom. The van der Waals surface area contributed by atoms with Crippen LogP contribution in [-0.4, -0.2) is 129 Å². The molecule has 0 atom stereocenters. The van der Waals surface area contributed by atoms with Gasteiger partial charge in [0.05, 0.1) is 0 Å². The average Bonchev–Trinajstić information content (AvgIpc) is 2.42. The third-order valence-electron chi connectivity index (χ3n) is 3.13. The van der Waals surface area contributed by atoms with Gasteiger partial charge in [-0.15, -0.1) is 0 Å². The van der Waals surface area contributed by atoms with Gasteiger partial charge in [0.15, 0.2) is 0 Å². The summed E-state index contributed by atoms with van der Waals surface area (Å²) in [5.74, 6) is 0. The Kier molecular flexibility index (Phi) is 17.0. The van der Waals surface area contributed by atoms with E-state index in [1.54, 1.807) is 28.0 Å². The average molecular weight is 578 g/mol. The molecule has 168 valence electrons. The number of hydrogen-bond acceptors (Lipinski definition) is 2. The van der Waals surface area contributed by atoms with Crippen LogP contribution >= 0.6 is 33.0 Å². The van der Waals surface area contributed by atoms with E-state index in [0.29, 0.717) is 0 Å². The van der Waals surface area contributed by atoms with Gasteiger partial charge in [-0.05, 0) is 84.6 Å². The van der Waals surface area contributed by atoms with Gasteiger partial charge in [-0.2, -0.15) is 0 Å². The third kappa shape index (κ3) is 12.8. The van der Waals surface area contributed by atoms with Crippen LogP contribution < -0.4 is 0 Å². The Labute approximate surface area is 180 Å². The summed E-state index contributed by atoms with van der Waals surface area (Å²) in [6.45, 7) is 0. The summed E-state index contributed by atoms with van der Waals surface area (Å²) >= 11 is -2.24. The molecule has 0 saturated heterocycles. The Morgan fingerprint density at radius 3 is 0.556 bits per heavy atom. The number of hydrogen-bond donors (Lipinski definition) is 0. The maximum absolute atomic E-state index is 12.1. The molecule has 0 aliphatic heterocycles. The molecule has 0 aliphatic carbocycles. The molecule has 0 radical (unpaired) electrons. The molecule has 8 nitrogen and oxygen atoms in total. The zero-order chi connectivity index (χ0) is 23.0. The SMILES string of the molecule is CN(C)P(=O)(N(C)C)N(C)C.CN(C)P(=O)(N(C)C)N(C)C.[CH3][Sn]([CH3])([Cl])[Cl]. The van der Waals surface area contributed by atoms with E-state index in [1.807, 2.05) is 94.5 Å². The van der Waals surface area contributed by atoms with E-state index in [-0.39, 0.29) is 0 Å². The molecule has 0 saturated carbocycles. The maximum atomic E-state index is 12.1. The molecule has 0 aromatic rings. The normalized spacial score (nSPS) is 13.3. The first kappa shape index (κ1) is 33.2. The molecule has 0 fully saturated rings. The molecule has 0 aliphatic rings. The van der Waals surface area contributed by atoms with Crippen molar-refractivity contribution in [2.75, 3.05) is 84.6 Å². The summed E-state index contributed by atoms with van der Waals surface area (Å²) in [7, 11) is 28.0. The third-order valence-corrected chi connectivity index (χ3v) is 9.38. The van der Waals surface area contributed by atoms with Gasteiger partial charge < -0.3 is 0 Å². The summed E-state index contributed by atoms with van der Waals surface area (Å²) in [5, 5.41) is 0. The predicted molar refractivity (Wildman–Crippen MR) is 127 cm³/mol. The summed E-state index contributed by atoms with van der Waals surface area (Å²) in [6.07, 6.45) is 0. The first-order valence-corrected chi connectivity index (χ1v) is 24.4. The molecule has 27 heavy (non-hydrogen) atoms. The Bertz CT molecular complexity index is 399. The Morgan fingerprint density at radius 2 is 0.556 bits per heavy atom. The summed E-state index contributed by atoms with van der Waals surface area (Å²) in [5.41, 5.74) is 0. The van der Waals surface area contributed by atoms with Crippen molar-refractivity contribution in [2.24, 2.45) is 0 Å². The van der Waals surface area contributed by atoms with Crippen molar-refractivity contribution < 1.29 is 9.13 Å². The summed E-state index contributed by atoms with van der Waals surface area (Å²) in [6, 6.07) is 0. The van der Waals surface area contributed by atoms with Crippen molar-refractivity contribution in [3.8, 4) is 0 Å². The van der Waals surface area contributed by atoms with Crippen LogP contribution in [0.2, 0.25) is 9.88 Å². The van der Waals surface area contributed by atoms with Crippen LogP contribution in [0.25, 0.3) is 0 Å². The molecule has 0 spiro atoms. The van der Waals surface area contributed by atoms with E-state index in [1.165, 1.54) is 0 Å². The standard InChI is InChI=1S/2C6H18N3OP.2CH3.2ClH.Sn/c2*1-7(2)11(10,8(3)4)9(5)6;;;;;/h2*1-6H3;2*1H3;2*1H;/q;;;;;;+2/p-2. The van der Waals surface area contributed by atoms with Crippen molar-refractivity contribution >= 4 is 49.2 Å². The fourth-order valence-electron chi connectivity index (χ4n) is 2.15. The van der Waals surface area contributed by atoms with Crippen LogP contribution in [0, 0.1) is 0 Å². The first-order valence-electron chi connectivity index (χ1n) is 8.31. The van der Waals surface area contributed by atoms with E-state index in [2.05, 4.69) is 0 Å². The van der Waals surface area contributed by atoms with Crippen molar-refractivity contribution in [1.82, 2.24) is 28.0 Å². The summed E-state index contributed by atoms with van der Waals surface area (Å²) < 4.78 is 34.6. The summed E-state index contributed by atoms with van der Waals surface area (Å²) in [4.78, 5) is 3.86. The molecule has 13 heteroatoms. The number of halogens is 2. The fourth-order valence-corrected chi connectivity index (χ4v) is 6.44. The van der Waals surface area contributed by atoms with Gasteiger partial charge in [-0.1, -0.05) is 0 Å². The van der Waals surface area contributed by atoms with Crippen molar-refractivity contribution in [1.29, 1.82) is 0 Å². The molecular formula is C14H42Cl2N6O2P2Sn. The van der Waals surface area contributed by atoms with E-state index in [0.717, 1.165) is 0 Å². The van der Waals surface area contributed by atoms with Gasteiger partial charge >= 0.3 is 43.8 Å². The minimum atomic E-state index is -2.44. The van der Waals surface area contributed by atoms with E-state index < -0.39 is 31.3 Å². The topological polar surface area (TPSA) is 53.6 Å². The number of nitrogens with zero attached hydrogens (tertiary/aromatic N) is 6. The van der Waals surface area contributed by atoms with Crippen LogP contribution in [0.4, 0.5) is 0 Å². The van der Waals surface area contributed by atoms with Crippen molar-refractivity contribution in [2.45, 2.75) is 9.88 Å². The Hall–Kier alpha value is 1.60. The molecule has 0 N–H and O–H groups in total. The van der Waals surface area contributed by atoms with Gasteiger partial charge in [0.2, 0.25) is 0 Å². The molecular weight excluding hydrogens is 536 g/mol. The molecule has 0 amide bonds. The minimum absolute atomic E-state index is 1.74. The molecule has 0 aromatic heterocycles. The van der Waals surface area contributed by atoms with Crippen LogP contribution in [0.15, 0.2) is 0 Å². The second-order valence-electron chi connectivity index (χ2n) is 7.44. The molecule has 0 rings (SSSR count). The fraction of sp³-hybridized carbons (Fsp3) is 1.00. The van der Waals surface area contributed by atoms with Crippen LogP contribution in [0.5, 0.6) is 0 Å². The van der Waals surface area contributed by atoms with E-state index >= 15 is 0 Å². The van der Waals surface area contributed by atoms with Crippen LogP contribution in [0.1, 0.15) is 0 Å². The molecule has 0 aromatic carbocycles.